The van der Waals surface area contributed by atoms with Gasteiger partial charge in [0.1, 0.15) is 0 Å². The van der Waals surface area contributed by atoms with Crippen LogP contribution in [0.15, 0.2) is 58.3 Å². The Morgan fingerprint density at radius 1 is 0.609 bits per heavy atom. The summed E-state index contributed by atoms with van der Waals surface area (Å²) in [5, 5.41) is 0. The number of hydrogen-bond acceptors (Lipinski definition) is 4. The lowest BCUT2D eigenvalue weighted by molar-refractivity contribution is 0.481. The fourth-order valence-electron chi connectivity index (χ4n) is 1.42. The normalized spacial score (nSPS) is 11.0. The van der Waals surface area contributed by atoms with Gasteiger partial charge in [0, 0.05) is 0 Å². The maximum atomic E-state index is 10.5. The Morgan fingerprint density at radius 2 is 0.826 bits per heavy atom. The van der Waals surface area contributed by atoms with E-state index in [1.54, 1.807) is 24.3 Å². The molecule has 0 amide bonds. The van der Waals surface area contributed by atoms with E-state index in [2.05, 4.69) is 0 Å². The van der Waals surface area contributed by atoms with Gasteiger partial charge >= 0.3 is 0 Å². The first-order chi connectivity index (χ1) is 10.00. The first-order valence-electron chi connectivity index (χ1n) is 6.08. The molecule has 2 aromatic rings. The third-order valence-electron chi connectivity index (χ3n) is 2.64. The quantitative estimate of drug-likeness (QED) is 0.778. The number of aryl methyl sites for hydroxylation is 2. The van der Waals surface area contributed by atoms with E-state index in [9.17, 15) is 16.8 Å². The van der Waals surface area contributed by atoms with E-state index in [0.29, 0.717) is 0 Å². The second kappa shape index (κ2) is 8.18. The average Bonchev–Trinajstić information content (AvgIpc) is 2.38. The van der Waals surface area contributed by atoms with E-state index < -0.39 is 20.2 Å². The minimum absolute atomic E-state index is 0. The van der Waals surface area contributed by atoms with E-state index in [1.807, 2.05) is 13.8 Å². The van der Waals surface area contributed by atoms with Crippen LogP contribution >= 0.6 is 0 Å². The molecule has 0 aliphatic heterocycles. The lowest BCUT2D eigenvalue weighted by Gasteiger charge is -1.95. The van der Waals surface area contributed by atoms with Crippen LogP contribution in [0.3, 0.4) is 0 Å². The second-order valence-corrected chi connectivity index (χ2v) is 7.42. The summed E-state index contributed by atoms with van der Waals surface area (Å²) in [6.07, 6.45) is 0. The molecule has 23 heavy (non-hydrogen) atoms. The van der Waals surface area contributed by atoms with Gasteiger partial charge in [0.2, 0.25) is 0 Å². The Morgan fingerprint density at radius 3 is 1.00 bits per heavy atom. The third-order valence-corrected chi connectivity index (χ3v) is 4.37. The standard InChI is InChI=1S/2C7H8O3S.H2O/c2*1-6-2-4-7(5-3-6)11(8,9)10;/h2*2-5H,1H3,(H,8,9,10);1H2. The molecule has 0 spiro atoms. The van der Waals surface area contributed by atoms with Gasteiger partial charge in [0.25, 0.3) is 20.2 Å². The monoisotopic (exact) mass is 362 g/mol. The van der Waals surface area contributed by atoms with Crippen molar-refractivity contribution in [2.24, 2.45) is 0 Å². The lowest BCUT2D eigenvalue weighted by atomic mass is 10.2. The maximum Gasteiger partial charge on any atom is 0.294 e. The molecule has 0 radical (unpaired) electrons. The largest absolute Gasteiger partial charge is 0.412 e. The molecular weight excluding hydrogens is 344 g/mol. The summed E-state index contributed by atoms with van der Waals surface area (Å²) in [5.41, 5.74) is 1.91. The molecule has 2 rings (SSSR count). The highest BCUT2D eigenvalue weighted by Crippen LogP contribution is 2.09. The van der Waals surface area contributed by atoms with Crippen LogP contribution in [0, 0.1) is 13.8 Å². The molecule has 0 saturated heterocycles. The summed E-state index contributed by atoms with van der Waals surface area (Å²) in [4.78, 5) is -0.133. The molecule has 0 unspecified atom stereocenters. The topological polar surface area (TPSA) is 140 Å². The first kappa shape index (κ1) is 21.2. The van der Waals surface area contributed by atoms with Crippen LogP contribution < -0.4 is 0 Å². The van der Waals surface area contributed by atoms with E-state index in [0.717, 1.165) is 11.1 Å². The molecule has 9 heteroatoms. The van der Waals surface area contributed by atoms with E-state index in [1.165, 1.54) is 24.3 Å². The highest BCUT2D eigenvalue weighted by Gasteiger charge is 2.07. The van der Waals surface area contributed by atoms with Crippen LogP contribution in [0.2, 0.25) is 0 Å². The zero-order valence-corrected chi connectivity index (χ0v) is 14.1. The van der Waals surface area contributed by atoms with Gasteiger partial charge in [-0.15, -0.1) is 0 Å². The molecule has 4 N–H and O–H groups in total. The third kappa shape index (κ3) is 7.35. The van der Waals surface area contributed by atoms with Crippen molar-refractivity contribution in [2.75, 3.05) is 0 Å². The minimum Gasteiger partial charge on any atom is -0.412 e. The van der Waals surface area contributed by atoms with E-state index >= 15 is 0 Å². The van der Waals surface area contributed by atoms with Gasteiger partial charge in [-0.25, -0.2) is 0 Å². The van der Waals surface area contributed by atoms with Crippen LogP contribution in [-0.2, 0) is 20.2 Å². The highest BCUT2D eigenvalue weighted by atomic mass is 32.2. The molecular formula is C14H18O7S2. The zero-order valence-electron chi connectivity index (χ0n) is 12.5. The van der Waals surface area contributed by atoms with Crippen LogP contribution in [0.1, 0.15) is 11.1 Å². The van der Waals surface area contributed by atoms with Crippen molar-refractivity contribution in [3.63, 3.8) is 0 Å². The Kier molecular flexibility index (Phi) is 7.55. The number of benzene rings is 2. The van der Waals surface area contributed by atoms with Crippen molar-refractivity contribution < 1.29 is 31.4 Å². The number of hydrogen-bond donors (Lipinski definition) is 2. The first-order valence-corrected chi connectivity index (χ1v) is 8.96. The predicted octanol–water partition coefficient (Wildman–Crippen LogP) is 1.66. The fraction of sp³-hybridized carbons (Fsp3) is 0.143. The second-order valence-electron chi connectivity index (χ2n) is 4.58. The van der Waals surface area contributed by atoms with Crippen LogP contribution in [-0.4, -0.2) is 31.4 Å². The Balaban J connectivity index is 0.000000403. The van der Waals surface area contributed by atoms with Gasteiger partial charge in [0.05, 0.1) is 9.79 Å². The van der Waals surface area contributed by atoms with E-state index in [-0.39, 0.29) is 15.3 Å². The van der Waals surface area contributed by atoms with Crippen molar-refractivity contribution in [1.29, 1.82) is 0 Å². The summed E-state index contributed by atoms with van der Waals surface area (Å²) in [6.45, 7) is 3.68. The molecule has 0 heterocycles. The van der Waals surface area contributed by atoms with Crippen molar-refractivity contribution in [3.05, 3.63) is 59.7 Å². The van der Waals surface area contributed by atoms with Crippen LogP contribution in [0.4, 0.5) is 0 Å². The van der Waals surface area contributed by atoms with Gasteiger partial charge in [-0.2, -0.15) is 16.8 Å². The lowest BCUT2D eigenvalue weighted by Crippen LogP contribution is -1.96. The molecule has 0 aliphatic rings. The summed E-state index contributed by atoms with van der Waals surface area (Å²) >= 11 is 0. The molecule has 2 aromatic carbocycles. The maximum absolute atomic E-state index is 10.5. The molecule has 0 aromatic heterocycles. The van der Waals surface area contributed by atoms with Crippen LogP contribution in [0.25, 0.3) is 0 Å². The van der Waals surface area contributed by atoms with Gasteiger partial charge in [-0.05, 0) is 38.1 Å². The smallest absolute Gasteiger partial charge is 0.294 e. The molecule has 0 atom stereocenters. The summed E-state index contributed by atoms with van der Waals surface area (Å²) in [6, 6.07) is 12.0. The van der Waals surface area contributed by atoms with Gasteiger partial charge in [0.15, 0.2) is 0 Å². The SMILES string of the molecule is Cc1ccc(S(=O)(=O)O)cc1.Cc1ccc(S(=O)(=O)O)cc1.O. The summed E-state index contributed by atoms with van der Waals surface area (Å²) < 4.78 is 59.1. The average molecular weight is 362 g/mol. The molecule has 7 nitrogen and oxygen atoms in total. The molecule has 0 aliphatic carbocycles. The molecule has 0 fully saturated rings. The van der Waals surface area contributed by atoms with Crippen molar-refractivity contribution in [2.45, 2.75) is 23.6 Å². The molecule has 0 saturated carbocycles. The zero-order chi connectivity index (χ0) is 17.0. The van der Waals surface area contributed by atoms with Crippen molar-refractivity contribution >= 4 is 20.2 Å². The highest BCUT2D eigenvalue weighted by molar-refractivity contribution is 7.86. The van der Waals surface area contributed by atoms with Gasteiger partial charge in [-0.1, -0.05) is 35.4 Å². The van der Waals surface area contributed by atoms with Gasteiger partial charge < -0.3 is 5.48 Å². The summed E-state index contributed by atoms with van der Waals surface area (Å²) in [7, 11) is -8.04. The van der Waals surface area contributed by atoms with Gasteiger partial charge in [-0.3, -0.25) is 9.11 Å². The predicted molar refractivity (Wildman–Crippen MR) is 85.6 cm³/mol. The van der Waals surface area contributed by atoms with Crippen LogP contribution in [0.5, 0.6) is 0 Å². The molecule has 0 bridgehead atoms. The minimum atomic E-state index is -4.02. The fourth-order valence-corrected chi connectivity index (χ4v) is 2.38. The number of rotatable bonds is 2. The summed E-state index contributed by atoms with van der Waals surface area (Å²) in [5.74, 6) is 0. The Bertz CT molecular complexity index is 748. The van der Waals surface area contributed by atoms with Crippen molar-refractivity contribution in [3.8, 4) is 0 Å². The van der Waals surface area contributed by atoms with E-state index in [4.69, 9.17) is 9.11 Å². The molecule has 128 valence electrons. The Labute approximate surface area is 135 Å². The Hall–Kier alpha value is -1.78. The van der Waals surface area contributed by atoms with Crippen molar-refractivity contribution in [1.82, 2.24) is 0 Å².